The molecule has 0 bridgehead atoms. The van der Waals surface area contributed by atoms with Crippen LogP contribution in [0.2, 0.25) is 0 Å². The number of para-hydroxylation sites is 1. The Morgan fingerprint density at radius 2 is 1.39 bits per heavy atom. The topological polar surface area (TPSA) is 294 Å². The average Bonchev–Trinajstić information content (AvgIpc) is 3.78. The number of primary amides is 1. The quantitative estimate of drug-likeness (QED) is 0.0304. The summed E-state index contributed by atoms with van der Waals surface area (Å²) >= 11 is 0. The molecular formula is C34H44N12O5. The maximum absolute atomic E-state index is 14.0. The van der Waals surface area contributed by atoms with Gasteiger partial charge in [-0.15, -0.1) is 0 Å². The van der Waals surface area contributed by atoms with Crippen molar-refractivity contribution in [1.29, 1.82) is 0 Å². The Hall–Kier alpha value is -6.23. The number of guanidine groups is 1. The van der Waals surface area contributed by atoms with Gasteiger partial charge in [0.15, 0.2) is 5.96 Å². The fraction of sp³-hybridized carbons (Fsp3) is 0.324. The van der Waals surface area contributed by atoms with Crippen molar-refractivity contribution in [3.63, 3.8) is 0 Å². The van der Waals surface area contributed by atoms with E-state index in [1.54, 1.807) is 30.5 Å². The van der Waals surface area contributed by atoms with Crippen molar-refractivity contribution >= 4 is 46.4 Å². The molecule has 5 amide bonds. The van der Waals surface area contributed by atoms with E-state index in [2.05, 4.69) is 41.2 Å². The fourth-order valence-electron chi connectivity index (χ4n) is 5.47. The van der Waals surface area contributed by atoms with Crippen molar-refractivity contribution in [2.24, 2.45) is 27.9 Å². The zero-order chi connectivity index (χ0) is 36.8. The first-order chi connectivity index (χ1) is 24.5. The molecule has 4 rings (SSSR count). The van der Waals surface area contributed by atoms with Crippen LogP contribution >= 0.6 is 0 Å². The van der Waals surface area contributed by atoms with E-state index in [9.17, 15) is 24.0 Å². The zero-order valence-electron chi connectivity index (χ0n) is 27.9. The minimum absolute atomic E-state index is 0.0397. The number of nitrogens with two attached hydrogens (primary N) is 4. The highest BCUT2D eigenvalue weighted by molar-refractivity contribution is 5.96. The molecular weight excluding hydrogens is 656 g/mol. The Kier molecular flexibility index (Phi) is 13.6. The molecule has 2 heterocycles. The molecule has 0 saturated heterocycles. The van der Waals surface area contributed by atoms with E-state index in [4.69, 9.17) is 22.9 Å². The maximum Gasteiger partial charge on any atom is 0.243 e. The molecule has 0 radical (unpaired) electrons. The van der Waals surface area contributed by atoms with Crippen LogP contribution in [0.15, 0.2) is 78.3 Å². The second kappa shape index (κ2) is 18.5. The summed E-state index contributed by atoms with van der Waals surface area (Å²) < 4.78 is 0. The molecule has 51 heavy (non-hydrogen) atoms. The van der Waals surface area contributed by atoms with Gasteiger partial charge >= 0.3 is 0 Å². The monoisotopic (exact) mass is 700 g/mol. The molecule has 0 saturated carbocycles. The number of hydrogen-bond donors (Lipinski definition) is 10. The van der Waals surface area contributed by atoms with Gasteiger partial charge in [0.2, 0.25) is 29.5 Å². The number of amides is 5. The van der Waals surface area contributed by atoms with Gasteiger partial charge in [-0.05, 0) is 30.0 Å². The zero-order valence-corrected chi connectivity index (χ0v) is 27.9. The highest BCUT2D eigenvalue weighted by Gasteiger charge is 2.31. The number of fused-ring (bicyclic) bond motifs is 1. The van der Waals surface area contributed by atoms with E-state index < -0.39 is 53.7 Å². The van der Waals surface area contributed by atoms with Crippen molar-refractivity contribution in [2.75, 3.05) is 13.1 Å². The molecule has 4 atom stereocenters. The number of aromatic amines is 2. The molecule has 14 N–H and O–H groups in total. The first-order valence-electron chi connectivity index (χ1n) is 16.4. The molecule has 0 fully saturated rings. The molecule has 0 aliphatic carbocycles. The summed E-state index contributed by atoms with van der Waals surface area (Å²) in [5.74, 6) is -3.50. The number of carbonyl (C=O) groups is 5. The lowest BCUT2D eigenvalue weighted by molar-refractivity contribution is -0.134. The summed E-state index contributed by atoms with van der Waals surface area (Å²) in [6.45, 7) is -0.194. The Labute approximate surface area is 293 Å². The van der Waals surface area contributed by atoms with Crippen LogP contribution < -0.4 is 44.2 Å². The van der Waals surface area contributed by atoms with Crippen molar-refractivity contribution in [3.05, 3.63) is 90.1 Å². The van der Waals surface area contributed by atoms with Crippen molar-refractivity contribution in [2.45, 2.75) is 56.3 Å². The van der Waals surface area contributed by atoms with Gasteiger partial charge in [0, 0.05) is 54.8 Å². The lowest BCUT2D eigenvalue weighted by Crippen LogP contribution is -2.59. The largest absolute Gasteiger partial charge is 0.370 e. The van der Waals surface area contributed by atoms with Gasteiger partial charge in [-0.25, -0.2) is 4.98 Å². The third-order valence-corrected chi connectivity index (χ3v) is 8.07. The lowest BCUT2D eigenvalue weighted by atomic mass is 10.0. The highest BCUT2D eigenvalue weighted by atomic mass is 16.2. The van der Waals surface area contributed by atoms with Gasteiger partial charge in [-0.2, -0.15) is 0 Å². The van der Waals surface area contributed by atoms with Crippen molar-refractivity contribution < 1.29 is 24.0 Å². The Balaban J connectivity index is 1.56. The van der Waals surface area contributed by atoms with Crippen molar-refractivity contribution in [3.8, 4) is 0 Å². The first kappa shape index (κ1) is 37.6. The van der Waals surface area contributed by atoms with Gasteiger partial charge in [0.05, 0.1) is 12.9 Å². The Morgan fingerprint density at radius 1 is 0.745 bits per heavy atom. The van der Waals surface area contributed by atoms with E-state index in [1.165, 1.54) is 12.5 Å². The predicted molar refractivity (Wildman–Crippen MR) is 190 cm³/mol. The molecule has 0 spiro atoms. The molecule has 2 aromatic heterocycles. The third-order valence-electron chi connectivity index (χ3n) is 8.07. The number of carbonyl (C=O) groups excluding carboxylic acids is 5. The number of benzene rings is 2. The van der Waals surface area contributed by atoms with Gasteiger partial charge in [-0.3, -0.25) is 29.0 Å². The van der Waals surface area contributed by atoms with E-state index >= 15 is 0 Å². The Morgan fingerprint density at radius 3 is 2.06 bits per heavy atom. The molecule has 4 aromatic rings. The van der Waals surface area contributed by atoms with E-state index in [0.717, 1.165) is 22.0 Å². The van der Waals surface area contributed by atoms with Crippen LogP contribution in [0.1, 0.15) is 29.7 Å². The van der Waals surface area contributed by atoms with Gasteiger partial charge in [0.25, 0.3) is 0 Å². The summed E-state index contributed by atoms with van der Waals surface area (Å²) in [7, 11) is 0. The molecule has 0 aliphatic rings. The van der Waals surface area contributed by atoms with Crippen molar-refractivity contribution in [1.82, 2.24) is 36.2 Å². The second-order valence-electron chi connectivity index (χ2n) is 11.9. The number of nitrogens with zero attached hydrogens (tertiary/aromatic N) is 2. The third kappa shape index (κ3) is 11.4. The standard InChI is InChI=1S/C34H44N12O5/c35-16-29(47)43-28(15-22-18-39-19-42-22)33(51)46-27(13-20-7-2-1-3-8-20)32(50)44-25(11-6-12-40-34(37)38)31(49)45-26(30(36)48)14-21-17-41-24-10-5-4-9-23(21)24/h1-5,7-10,17-19,25-28,41H,6,11-16,35H2,(H2,36,48)(H,39,42)(H,43,47)(H,44,50)(H,45,49)(H,46,51)(H4,37,38,40)/t25-,26-,27+,28-/m0/s1. The summed E-state index contributed by atoms with van der Waals surface area (Å²) in [5.41, 5.74) is 25.0. The molecule has 0 aliphatic heterocycles. The fourth-order valence-corrected chi connectivity index (χ4v) is 5.47. The summed E-state index contributed by atoms with van der Waals surface area (Å²) in [6.07, 6.45) is 5.23. The number of H-pyrrole nitrogens is 2. The lowest BCUT2D eigenvalue weighted by Gasteiger charge is -2.26. The number of nitrogens with one attached hydrogen (secondary N) is 6. The molecule has 0 unspecified atom stereocenters. The number of hydrogen-bond acceptors (Lipinski definition) is 8. The highest BCUT2D eigenvalue weighted by Crippen LogP contribution is 2.19. The minimum atomic E-state index is -1.19. The summed E-state index contributed by atoms with van der Waals surface area (Å²) in [5, 5.41) is 11.6. The number of imidazole rings is 1. The molecule has 2 aromatic carbocycles. The van der Waals surface area contributed by atoms with Gasteiger partial charge in [0.1, 0.15) is 24.2 Å². The molecule has 17 heteroatoms. The molecule has 17 nitrogen and oxygen atoms in total. The number of rotatable bonds is 19. The van der Waals surface area contributed by atoms with Crippen LogP contribution in [0.5, 0.6) is 0 Å². The average molecular weight is 701 g/mol. The molecule has 270 valence electrons. The predicted octanol–water partition coefficient (Wildman–Crippen LogP) is -1.64. The van der Waals surface area contributed by atoms with Gasteiger partial charge < -0.3 is 54.2 Å². The number of aromatic nitrogens is 3. The van der Waals surface area contributed by atoms with Crippen LogP contribution in [0.25, 0.3) is 10.9 Å². The summed E-state index contributed by atoms with van der Waals surface area (Å²) in [6, 6.07) is 11.9. The van der Waals surface area contributed by atoms with Gasteiger partial charge in [-0.1, -0.05) is 48.5 Å². The second-order valence-corrected chi connectivity index (χ2v) is 11.9. The van der Waals surface area contributed by atoms with Crippen LogP contribution in [-0.4, -0.2) is 87.7 Å². The first-order valence-corrected chi connectivity index (χ1v) is 16.4. The van der Waals surface area contributed by atoms with Crippen LogP contribution in [0.4, 0.5) is 0 Å². The maximum atomic E-state index is 14.0. The van der Waals surface area contributed by atoms with Crippen LogP contribution in [-0.2, 0) is 43.2 Å². The van der Waals surface area contributed by atoms with Crippen LogP contribution in [0, 0.1) is 0 Å². The SMILES string of the molecule is NCC(=O)N[C@@H](Cc1cnc[nH]1)C(=O)N[C@H](Cc1ccccc1)C(=O)N[C@@H](CCCN=C(N)N)C(=O)N[C@@H](Cc1c[nH]c2ccccc12)C(N)=O. The summed E-state index contributed by atoms with van der Waals surface area (Å²) in [4.78, 5) is 80.1. The van der Waals surface area contributed by atoms with Crippen LogP contribution in [0.3, 0.4) is 0 Å². The smallest absolute Gasteiger partial charge is 0.243 e. The van der Waals surface area contributed by atoms with E-state index in [1.807, 2.05) is 30.3 Å². The minimum Gasteiger partial charge on any atom is -0.370 e. The van der Waals surface area contributed by atoms with E-state index in [0.29, 0.717) is 5.69 Å². The normalized spacial score (nSPS) is 13.3. The van der Waals surface area contributed by atoms with E-state index in [-0.39, 0.29) is 51.2 Å². The Bertz CT molecular complexity index is 1800. The number of aliphatic imine (C=N–C) groups is 1.